The third-order valence-corrected chi connectivity index (χ3v) is 3.48. The molecule has 0 fully saturated rings. The number of carbonyl (C=O) groups is 3. The molecule has 0 saturated carbocycles. The van der Waals surface area contributed by atoms with E-state index in [9.17, 15) is 14.4 Å². The van der Waals surface area contributed by atoms with E-state index in [-0.39, 0.29) is 13.0 Å². The highest BCUT2D eigenvalue weighted by molar-refractivity contribution is 5.83. The van der Waals surface area contributed by atoms with Gasteiger partial charge in [0, 0.05) is 0 Å². The third-order valence-electron chi connectivity index (χ3n) is 3.48. The smallest absolute Gasteiger partial charge is 0.408 e. The van der Waals surface area contributed by atoms with Gasteiger partial charge in [0.25, 0.3) is 0 Å². The van der Waals surface area contributed by atoms with E-state index in [1.165, 1.54) is 13.2 Å². The number of carbonyl (C=O) groups excluding carboxylic acids is 3. The van der Waals surface area contributed by atoms with E-state index in [4.69, 9.17) is 14.2 Å². The van der Waals surface area contributed by atoms with Crippen LogP contribution in [0.3, 0.4) is 0 Å². The van der Waals surface area contributed by atoms with Crippen molar-refractivity contribution in [2.45, 2.75) is 45.4 Å². The summed E-state index contributed by atoms with van der Waals surface area (Å²) in [6.07, 6.45) is 0.528. The highest BCUT2D eigenvalue weighted by Crippen LogP contribution is 2.14. The standard InChI is InChI=1S/C20H27NO6/c1-6-15(17(22)25-5)12-16(21-19(24)27-20(2,3)4)18(23)26-13-14-10-8-7-9-11-14/h6-11,15-16H,1,12-13H2,2-5H3,(H,21,24)/t15-,16-/m0/s1. The molecule has 1 rings (SSSR count). The molecule has 1 aromatic carbocycles. The van der Waals surface area contributed by atoms with Crippen molar-refractivity contribution in [3.05, 3.63) is 48.6 Å². The Bertz CT molecular complexity index is 650. The summed E-state index contributed by atoms with van der Waals surface area (Å²) in [7, 11) is 1.24. The van der Waals surface area contributed by atoms with Crippen molar-refractivity contribution in [3.63, 3.8) is 0 Å². The first-order valence-electron chi connectivity index (χ1n) is 8.56. The summed E-state index contributed by atoms with van der Waals surface area (Å²) in [6.45, 7) is 8.74. The molecule has 0 heterocycles. The zero-order chi connectivity index (χ0) is 20.4. The number of benzene rings is 1. The van der Waals surface area contributed by atoms with Gasteiger partial charge >= 0.3 is 18.0 Å². The number of hydrogen-bond donors (Lipinski definition) is 1. The summed E-state index contributed by atoms with van der Waals surface area (Å²) in [5, 5.41) is 2.46. The van der Waals surface area contributed by atoms with Gasteiger partial charge in [-0.2, -0.15) is 0 Å². The van der Waals surface area contributed by atoms with Crippen LogP contribution in [-0.4, -0.2) is 36.8 Å². The molecule has 1 N–H and O–H groups in total. The van der Waals surface area contributed by atoms with Gasteiger partial charge in [-0.15, -0.1) is 6.58 Å². The molecular formula is C20H27NO6. The van der Waals surface area contributed by atoms with Gasteiger partial charge in [-0.25, -0.2) is 9.59 Å². The van der Waals surface area contributed by atoms with Crippen molar-refractivity contribution in [3.8, 4) is 0 Å². The maximum absolute atomic E-state index is 12.5. The Morgan fingerprint density at radius 2 is 1.78 bits per heavy atom. The zero-order valence-electron chi connectivity index (χ0n) is 16.2. The zero-order valence-corrected chi connectivity index (χ0v) is 16.2. The Hall–Kier alpha value is -2.83. The summed E-state index contributed by atoms with van der Waals surface area (Å²) < 4.78 is 15.2. The van der Waals surface area contributed by atoms with Crippen LogP contribution in [-0.2, 0) is 30.4 Å². The molecule has 0 bridgehead atoms. The highest BCUT2D eigenvalue weighted by Gasteiger charge is 2.30. The van der Waals surface area contributed by atoms with Crippen molar-refractivity contribution >= 4 is 18.0 Å². The lowest BCUT2D eigenvalue weighted by atomic mass is 10.00. The predicted molar refractivity (Wildman–Crippen MR) is 99.7 cm³/mol. The van der Waals surface area contributed by atoms with Crippen LogP contribution in [0.4, 0.5) is 4.79 Å². The minimum absolute atomic E-state index is 0.0448. The number of esters is 2. The lowest BCUT2D eigenvalue weighted by Crippen LogP contribution is -2.45. The maximum Gasteiger partial charge on any atom is 0.408 e. The van der Waals surface area contributed by atoms with Crippen LogP contribution in [0.25, 0.3) is 0 Å². The molecule has 7 nitrogen and oxygen atoms in total. The quantitative estimate of drug-likeness (QED) is 0.425. The minimum atomic E-state index is -1.09. The second-order valence-electron chi connectivity index (χ2n) is 6.89. The van der Waals surface area contributed by atoms with E-state index in [1.54, 1.807) is 20.8 Å². The van der Waals surface area contributed by atoms with Gasteiger partial charge in [0.05, 0.1) is 13.0 Å². The first kappa shape index (κ1) is 22.2. The van der Waals surface area contributed by atoms with Crippen molar-refractivity contribution in [1.29, 1.82) is 0 Å². The van der Waals surface area contributed by atoms with Crippen LogP contribution in [0.15, 0.2) is 43.0 Å². The van der Waals surface area contributed by atoms with Gasteiger partial charge < -0.3 is 19.5 Å². The molecule has 0 unspecified atom stereocenters. The lowest BCUT2D eigenvalue weighted by molar-refractivity contribution is -0.149. The molecule has 0 radical (unpaired) electrons. The molecule has 0 saturated heterocycles. The molecule has 27 heavy (non-hydrogen) atoms. The van der Waals surface area contributed by atoms with Gasteiger partial charge in [0.1, 0.15) is 18.2 Å². The second kappa shape index (κ2) is 10.4. The number of rotatable bonds is 8. The Balaban J connectivity index is 2.84. The molecule has 2 atom stereocenters. The Morgan fingerprint density at radius 1 is 1.15 bits per heavy atom. The van der Waals surface area contributed by atoms with Crippen LogP contribution in [0, 0.1) is 5.92 Å². The molecular weight excluding hydrogens is 350 g/mol. The van der Waals surface area contributed by atoms with Gasteiger partial charge in [-0.1, -0.05) is 36.4 Å². The van der Waals surface area contributed by atoms with Gasteiger partial charge in [0.15, 0.2) is 0 Å². The van der Waals surface area contributed by atoms with E-state index in [2.05, 4.69) is 11.9 Å². The van der Waals surface area contributed by atoms with Crippen molar-refractivity contribution in [1.82, 2.24) is 5.32 Å². The first-order valence-corrected chi connectivity index (χ1v) is 8.56. The van der Waals surface area contributed by atoms with Crippen LogP contribution in [0.1, 0.15) is 32.8 Å². The minimum Gasteiger partial charge on any atom is -0.469 e. The Morgan fingerprint density at radius 3 is 2.30 bits per heavy atom. The predicted octanol–water partition coefficient (Wildman–Crippen LogP) is 2.99. The number of ether oxygens (including phenoxy) is 3. The number of alkyl carbamates (subject to hydrolysis) is 1. The highest BCUT2D eigenvalue weighted by atomic mass is 16.6. The third kappa shape index (κ3) is 8.40. The fourth-order valence-corrected chi connectivity index (χ4v) is 2.19. The van der Waals surface area contributed by atoms with Crippen molar-refractivity contribution in [2.24, 2.45) is 5.92 Å². The number of hydrogen-bond acceptors (Lipinski definition) is 6. The molecule has 148 valence electrons. The summed E-state index contributed by atoms with van der Waals surface area (Å²) in [5.41, 5.74) is 0.0677. The van der Waals surface area contributed by atoms with E-state index in [1.807, 2.05) is 30.3 Å². The van der Waals surface area contributed by atoms with E-state index < -0.39 is 35.6 Å². The number of amides is 1. The summed E-state index contributed by atoms with van der Waals surface area (Å²) in [4.78, 5) is 36.4. The molecule has 0 aliphatic carbocycles. The summed E-state index contributed by atoms with van der Waals surface area (Å²) >= 11 is 0. The van der Waals surface area contributed by atoms with Crippen molar-refractivity contribution in [2.75, 3.05) is 7.11 Å². The molecule has 0 aliphatic heterocycles. The largest absolute Gasteiger partial charge is 0.469 e. The van der Waals surface area contributed by atoms with Gasteiger partial charge in [-0.3, -0.25) is 4.79 Å². The topological polar surface area (TPSA) is 90.9 Å². The monoisotopic (exact) mass is 377 g/mol. The fraction of sp³-hybridized carbons (Fsp3) is 0.450. The molecule has 1 aromatic rings. The average Bonchev–Trinajstić information content (AvgIpc) is 2.61. The normalized spacial score (nSPS) is 13.0. The van der Waals surface area contributed by atoms with E-state index >= 15 is 0 Å². The molecule has 1 amide bonds. The van der Waals surface area contributed by atoms with Gasteiger partial charge in [0.2, 0.25) is 0 Å². The Kier molecular flexibility index (Phi) is 8.51. The maximum atomic E-state index is 12.5. The number of methoxy groups -OCH3 is 1. The Labute approximate surface area is 159 Å². The van der Waals surface area contributed by atoms with Crippen LogP contribution in [0.2, 0.25) is 0 Å². The van der Waals surface area contributed by atoms with Crippen molar-refractivity contribution < 1.29 is 28.6 Å². The summed E-state index contributed by atoms with van der Waals surface area (Å²) in [5.74, 6) is -2.02. The number of nitrogens with one attached hydrogen (secondary N) is 1. The van der Waals surface area contributed by atoms with E-state index in [0.29, 0.717) is 0 Å². The molecule has 0 aromatic heterocycles. The molecule has 0 aliphatic rings. The first-order chi connectivity index (χ1) is 12.7. The average molecular weight is 377 g/mol. The van der Waals surface area contributed by atoms with E-state index in [0.717, 1.165) is 5.56 Å². The molecule has 7 heteroatoms. The second-order valence-corrected chi connectivity index (χ2v) is 6.89. The van der Waals surface area contributed by atoms with Gasteiger partial charge in [-0.05, 0) is 32.8 Å². The summed E-state index contributed by atoms with van der Waals surface area (Å²) in [6, 6.07) is 8.03. The van der Waals surface area contributed by atoms with Crippen LogP contribution < -0.4 is 5.32 Å². The fourth-order valence-electron chi connectivity index (χ4n) is 2.19. The SMILES string of the molecule is C=C[C@@H](C[C@H](NC(=O)OC(C)(C)C)C(=O)OCc1ccccc1)C(=O)OC. The lowest BCUT2D eigenvalue weighted by Gasteiger charge is -2.24. The van der Waals surface area contributed by atoms with Crippen LogP contribution >= 0.6 is 0 Å². The van der Waals surface area contributed by atoms with Crippen LogP contribution in [0.5, 0.6) is 0 Å². The molecule has 0 spiro atoms.